The van der Waals surface area contributed by atoms with Crippen LogP contribution in [0.15, 0.2) is 23.8 Å². The van der Waals surface area contributed by atoms with Gasteiger partial charge in [-0.25, -0.2) is 0 Å². The fourth-order valence-electron chi connectivity index (χ4n) is 2.08. The number of aliphatic hydroxyl groups is 1. The largest absolute Gasteiger partial charge is 0.390 e. The van der Waals surface area contributed by atoms with Gasteiger partial charge in [-0.15, -0.1) is 0 Å². The molecule has 1 nitrogen and oxygen atoms in total. The normalized spacial score (nSPS) is 39.4. The van der Waals surface area contributed by atoms with E-state index in [0.717, 1.165) is 25.7 Å². The fourth-order valence-corrected chi connectivity index (χ4v) is 2.08. The molecular weight excluding hydrogens is 196 g/mol. The highest BCUT2D eigenvalue weighted by Gasteiger charge is 2.24. The van der Waals surface area contributed by atoms with Gasteiger partial charge in [0.05, 0.1) is 5.60 Å². The molecule has 0 aliphatic heterocycles. The molecule has 0 aromatic rings. The highest BCUT2D eigenvalue weighted by atomic mass is 16.3. The first kappa shape index (κ1) is 11.9. The molecule has 1 aliphatic carbocycles. The number of hydrogen-bond acceptors (Lipinski definition) is 1. The summed E-state index contributed by atoms with van der Waals surface area (Å²) in [5.74, 6) is -0.383. The molecule has 0 spiro atoms. The van der Waals surface area contributed by atoms with Crippen LogP contribution in [0.1, 0.15) is 54.7 Å². The SMILES string of the molecule is [2H][C@@]1(C)/C=C/[C@H](C(C)(C)O)CC/C(C)=C/CC1. The van der Waals surface area contributed by atoms with Crippen molar-refractivity contribution in [2.45, 2.75) is 59.0 Å². The molecule has 0 saturated heterocycles. The monoisotopic (exact) mass is 223 g/mol. The molecular formula is C15H26O. The average Bonchev–Trinajstić information content (AvgIpc) is 2.14. The first-order valence-electron chi connectivity index (χ1n) is 6.78. The molecule has 0 fully saturated rings. The fraction of sp³-hybridized carbons (Fsp3) is 0.733. The zero-order chi connectivity index (χ0) is 13.1. The van der Waals surface area contributed by atoms with Gasteiger partial charge in [-0.05, 0) is 52.3 Å². The van der Waals surface area contributed by atoms with Gasteiger partial charge in [-0.2, -0.15) is 0 Å². The van der Waals surface area contributed by atoms with Crippen molar-refractivity contribution >= 4 is 0 Å². The van der Waals surface area contributed by atoms with Crippen molar-refractivity contribution < 1.29 is 6.48 Å². The van der Waals surface area contributed by atoms with Crippen LogP contribution in [0, 0.1) is 11.8 Å². The van der Waals surface area contributed by atoms with E-state index in [0.29, 0.717) is 0 Å². The summed E-state index contributed by atoms with van der Waals surface area (Å²) >= 11 is 0. The average molecular weight is 223 g/mol. The number of allylic oxidation sites excluding steroid dienone is 3. The van der Waals surface area contributed by atoms with Crippen LogP contribution in [0.2, 0.25) is 0 Å². The standard InChI is InChI=1S/C15H26O/c1-12-6-5-7-13(2)9-11-14(10-8-12)15(3,4)16/h6,9,11,13-14,16H,5,7-8,10H2,1-4H3/b11-9+,12-6+/t13-,14+/m0/s1/i13D. The molecule has 1 aliphatic rings. The van der Waals surface area contributed by atoms with Crippen LogP contribution in [-0.4, -0.2) is 10.7 Å². The van der Waals surface area contributed by atoms with Gasteiger partial charge >= 0.3 is 0 Å². The minimum absolute atomic E-state index is 0.133. The van der Waals surface area contributed by atoms with Crippen LogP contribution in [0.4, 0.5) is 0 Å². The van der Waals surface area contributed by atoms with Crippen molar-refractivity contribution in [2.24, 2.45) is 11.8 Å². The quantitative estimate of drug-likeness (QED) is 0.664. The Balaban J connectivity index is 2.88. The molecule has 0 aromatic carbocycles. The van der Waals surface area contributed by atoms with Crippen molar-refractivity contribution in [3.63, 3.8) is 0 Å². The predicted octanol–water partition coefficient (Wildman–Crippen LogP) is 4.09. The van der Waals surface area contributed by atoms with E-state index in [2.05, 4.69) is 13.0 Å². The van der Waals surface area contributed by atoms with Crippen molar-refractivity contribution in [2.75, 3.05) is 0 Å². The van der Waals surface area contributed by atoms with E-state index in [-0.39, 0.29) is 5.92 Å². The van der Waals surface area contributed by atoms with Crippen LogP contribution < -0.4 is 0 Å². The Hall–Kier alpha value is -0.560. The second-order valence-electron chi connectivity index (χ2n) is 5.59. The molecule has 16 heavy (non-hydrogen) atoms. The number of rotatable bonds is 1. The van der Waals surface area contributed by atoms with E-state index in [1.165, 1.54) is 5.57 Å². The lowest BCUT2D eigenvalue weighted by Gasteiger charge is -2.27. The summed E-state index contributed by atoms with van der Waals surface area (Å²) in [6, 6.07) is 0. The van der Waals surface area contributed by atoms with Crippen LogP contribution >= 0.6 is 0 Å². The van der Waals surface area contributed by atoms with Crippen LogP contribution in [-0.2, 0) is 0 Å². The molecule has 2 atom stereocenters. The van der Waals surface area contributed by atoms with E-state index in [1.54, 1.807) is 0 Å². The van der Waals surface area contributed by atoms with Crippen LogP contribution in [0.5, 0.6) is 0 Å². The van der Waals surface area contributed by atoms with Gasteiger partial charge in [-0.1, -0.05) is 30.7 Å². The number of hydrogen-bond donors (Lipinski definition) is 1. The Morgan fingerprint density at radius 3 is 2.69 bits per heavy atom. The van der Waals surface area contributed by atoms with E-state index in [1.807, 2.05) is 32.9 Å². The summed E-state index contributed by atoms with van der Waals surface area (Å²) in [4.78, 5) is 0. The molecule has 0 saturated carbocycles. The van der Waals surface area contributed by atoms with Gasteiger partial charge < -0.3 is 5.11 Å². The first-order chi connectivity index (χ1) is 7.71. The lowest BCUT2D eigenvalue weighted by Crippen LogP contribution is -2.29. The molecule has 92 valence electrons. The van der Waals surface area contributed by atoms with Gasteiger partial charge in [0.1, 0.15) is 0 Å². The van der Waals surface area contributed by atoms with Gasteiger partial charge in [0, 0.05) is 7.29 Å². The molecule has 0 heterocycles. The predicted molar refractivity (Wildman–Crippen MR) is 70.3 cm³/mol. The van der Waals surface area contributed by atoms with E-state index < -0.39 is 11.5 Å². The molecule has 0 bridgehead atoms. The lowest BCUT2D eigenvalue weighted by molar-refractivity contribution is 0.0336. The van der Waals surface area contributed by atoms with Crippen molar-refractivity contribution in [1.29, 1.82) is 0 Å². The van der Waals surface area contributed by atoms with E-state index in [4.69, 9.17) is 1.37 Å². The van der Waals surface area contributed by atoms with E-state index >= 15 is 0 Å². The van der Waals surface area contributed by atoms with Crippen molar-refractivity contribution in [1.82, 2.24) is 0 Å². The second kappa shape index (κ2) is 5.67. The second-order valence-corrected chi connectivity index (χ2v) is 5.59. The molecule has 1 rings (SSSR count). The molecule has 1 heteroatoms. The van der Waals surface area contributed by atoms with Crippen molar-refractivity contribution in [3.8, 4) is 0 Å². The molecule has 1 N–H and O–H groups in total. The van der Waals surface area contributed by atoms with Gasteiger partial charge in [0.25, 0.3) is 0 Å². The topological polar surface area (TPSA) is 20.2 Å². The zero-order valence-corrected chi connectivity index (χ0v) is 11.1. The van der Waals surface area contributed by atoms with Gasteiger partial charge in [0.2, 0.25) is 0 Å². The highest BCUT2D eigenvalue weighted by Crippen LogP contribution is 2.27. The maximum Gasteiger partial charge on any atom is 0.0654 e. The smallest absolute Gasteiger partial charge is 0.0654 e. The maximum absolute atomic E-state index is 10.1. The molecule has 0 aromatic heterocycles. The Kier molecular flexibility index (Phi) is 4.22. The van der Waals surface area contributed by atoms with Gasteiger partial charge in [0.15, 0.2) is 0 Å². The minimum Gasteiger partial charge on any atom is -0.390 e. The van der Waals surface area contributed by atoms with Crippen molar-refractivity contribution in [3.05, 3.63) is 23.8 Å². The first-order valence-corrected chi connectivity index (χ1v) is 6.28. The third-order valence-corrected chi connectivity index (χ3v) is 3.40. The minimum atomic E-state index is -0.702. The highest BCUT2D eigenvalue weighted by molar-refractivity contribution is 5.05. The van der Waals surface area contributed by atoms with Gasteiger partial charge in [-0.3, -0.25) is 0 Å². The summed E-state index contributed by atoms with van der Waals surface area (Å²) in [6.45, 7) is 7.80. The Morgan fingerprint density at radius 1 is 1.38 bits per heavy atom. The Morgan fingerprint density at radius 2 is 2.06 bits per heavy atom. The zero-order valence-electron chi connectivity index (χ0n) is 12.1. The molecule has 0 radical (unpaired) electrons. The molecule has 0 amide bonds. The van der Waals surface area contributed by atoms with Crippen LogP contribution in [0.25, 0.3) is 0 Å². The van der Waals surface area contributed by atoms with E-state index in [9.17, 15) is 5.11 Å². The maximum atomic E-state index is 10.1. The van der Waals surface area contributed by atoms with Crippen LogP contribution in [0.3, 0.4) is 0 Å². The lowest BCUT2D eigenvalue weighted by atomic mass is 9.84. The summed E-state index contributed by atoms with van der Waals surface area (Å²) in [6.07, 6.45) is 10.1. The third kappa shape index (κ3) is 4.52. The summed E-state index contributed by atoms with van der Waals surface area (Å²) in [7, 11) is 0. The summed E-state index contributed by atoms with van der Waals surface area (Å²) in [5, 5.41) is 10.1. The summed E-state index contributed by atoms with van der Waals surface area (Å²) < 4.78 is 8.19. The third-order valence-electron chi connectivity index (χ3n) is 3.40. The summed E-state index contributed by atoms with van der Waals surface area (Å²) in [5.41, 5.74) is 0.678. The Bertz CT molecular complexity index is 307. The molecule has 0 unspecified atom stereocenters. The Labute approximate surface area is 102 Å².